The van der Waals surface area contributed by atoms with Crippen LogP contribution in [0.1, 0.15) is 55.3 Å². The van der Waals surface area contributed by atoms with E-state index in [2.05, 4.69) is 51.0 Å². The van der Waals surface area contributed by atoms with Gasteiger partial charge in [-0.15, -0.1) is 0 Å². The van der Waals surface area contributed by atoms with E-state index in [4.69, 9.17) is 4.43 Å². The molecule has 27 heavy (non-hydrogen) atoms. The van der Waals surface area contributed by atoms with Crippen LogP contribution >= 0.6 is 0 Å². The number of aldehydes is 1. The Morgan fingerprint density at radius 2 is 1.85 bits per heavy atom. The van der Waals surface area contributed by atoms with Gasteiger partial charge in [-0.2, -0.15) is 0 Å². The molecule has 1 aromatic rings. The Balaban J connectivity index is 2.71. The first-order chi connectivity index (χ1) is 12.3. The van der Waals surface area contributed by atoms with E-state index >= 15 is 0 Å². The Labute approximate surface area is 163 Å². The van der Waals surface area contributed by atoms with Crippen LogP contribution in [0.2, 0.25) is 18.1 Å². The van der Waals surface area contributed by atoms with Crippen LogP contribution in [0, 0.1) is 11.8 Å². The van der Waals surface area contributed by atoms with E-state index in [1.807, 2.05) is 13.8 Å². The Kier molecular flexibility index (Phi) is 7.55. The maximum atomic E-state index is 12.2. The SMILES string of the molecule is CC(C)(C#CC(O)CNC(=O)c1ccccc1C=O)O[Si](C)(C)C(C)(C)C. The van der Waals surface area contributed by atoms with Crippen LogP contribution in [-0.4, -0.2) is 43.9 Å². The number of carbonyl (C=O) groups is 2. The number of amides is 1. The van der Waals surface area contributed by atoms with Crippen LogP contribution in [0.3, 0.4) is 0 Å². The number of aliphatic hydroxyl groups is 1. The summed E-state index contributed by atoms with van der Waals surface area (Å²) in [5.41, 5.74) is -0.119. The van der Waals surface area contributed by atoms with Crippen molar-refractivity contribution in [2.75, 3.05) is 6.54 Å². The van der Waals surface area contributed by atoms with Gasteiger partial charge in [-0.25, -0.2) is 0 Å². The summed E-state index contributed by atoms with van der Waals surface area (Å²) >= 11 is 0. The van der Waals surface area contributed by atoms with Gasteiger partial charge in [0.05, 0.1) is 6.54 Å². The molecule has 5 nitrogen and oxygen atoms in total. The quantitative estimate of drug-likeness (QED) is 0.444. The molecule has 0 spiro atoms. The number of rotatable bonds is 6. The van der Waals surface area contributed by atoms with E-state index in [0.29, 0.717) is 11.8 Å². The lowest BCUT2D eigenvalue weighted by molar-refractivity contribution is 0.0929. The van der Waals surface area contributed by atoms with Gasteiger partial charge >= 0.3 is 0 Å². The molecule has 0 aliphatic heterocycles. The van der Waals surface area contributed by atoms with Crippen molar-refractivity contribution in [2.45, 2.75) is 64.5 Å². The number of hydrogen-bond acceptors (Lipinski definition) is 4. The van der Waals surface area contributed by atoms with Crippen molar-refractivity contribution in [1.29, 1.82) is 0 Å². The van der Waals surface area contributed by atoms with Gasteiger partial charge in [-0.05, 0) is 38.0 Å². The van der Waals surface area contributed by atoms with E-state index in [0.717, 1.165) is 0 Å². The molecule has 6 heteroatoms. The smallest absolute Gasteiger partial charge is 0.252 e. The minimum absolute atomic E-state index is 0.0325. The van der Waals surface area contributed by atoms with Crippen LogP contribution in [0.25, 0.3) is 0 Å². The third-order valence-electron chi connectivity index (χ3n) is 4.64. The molecule has 1 unspecified atom stereocenters. The third kappa shape index (κ3) is 6.94. The number of carbonyl (C=O) groups excluding carboxylic acids is 2. The molecule has 1 atom stereocenters. The number of aliphatic hydroxyl groups excluding tert-OH is 1. The van der Waals surface area contributed by atoms with Crippen LogP contribution in [0.5, 0.6) is 0 Å². The van der Waals surface area contributed by atoms with E-state index in [-0.39, 0.29) is 17.1 Å². The first-order valence-corrected chi connectivity index (χ1v) is 11.9. The summed E-state index contributed by atoms with van der Waals surface area (Å²) in [7, 11) is -1.99. The second-order valence-electron chi connectivity index (χ2n) is 8.57. The lowest BCUT2D eigenvalue weighted by atomic mass is 10.1. The largest absolute Gasteiger partial charge is 0.401 e. The van der Waals surface area contributed by atoms with Crippen molar-refractivity contribution in [2.24, 2.45) is 0 Å². The summed E-state index contributed by atoms with van der Waals surface area (Å²) in [6.45, 7) is 14.5. The lowest BCUT2D eigenvalue weighted by Crippen LogP contribution is -2.47. The molecule has 0 radical (unpaired) electrons. The fourth-order valence-electron chi connectivity index (χ4n) is 2.22. The van der Waals surface area contributed by atoms with Gasteiger partial charge in [0.15, 0.2) is 14.6 Å². The Morgan fingerprint density at radius 1 is 1.26 bits per heavy atom. The highest BCUT2D eigenvalue weighted by Crippen LogP contribution is 2.38. The van der Waals surface area contributed by atoms with Gasteiger partial charge in [0.2, 0.25) is 0 Å². The molecule has 0 saturated heterocycles. The minimum atomic E-state index is -1.99. The third-order valence-corrected chi connectivity index (χ3v) is 9.28. The van der Waals surface area contributed by atoms with Gasteiger partial charge in [0.25, 0.3) is 5.91 Å². The van der Waals surface area contributed by atoms with Crippen LogP contribution in [0.15, 0.2) is 24.3 Å². The Hall–Kier alpha value is -1.94. The minimum Gasteiger partial charge on any atom is -0.401 e. The molecule has 0 aliphatic rings. The average molecular weight is 390 g/mol. The topological polar surface area (TPSA) is 75.6 Å². The van der Waals surface area contributed by atoms with Gasteiger partial charge in [0.1, 0.15) is 11.7 Å². The molecule has 0 heterocycles. The molecule has 1 aromatic carbocycles. The van der Waals surface area contributed by atoms with Gasteiger partial charge in [0, 0.05) is 11.1 Å². The Bertz CT molecular complexity index is 739. The normalized spacial score (nSPS) is 13.3. The van der Waals surface area contributed by atoms with Crippen LogP contribution < -0.4 is 5.32 Å². The lowest BCUT2D eigenvalue weighted by Gasteiger charge is -2.40. The van der Waals surface area contributed by atoms with Crippen molar-refractivity contribution in [3.63, 3.8) is 0 Å². The summed E-state index contributed by atoms with van der Waals surface area (Å²) in [6.07, 6.45) is -0.397. The van der Waals surface area contributed by atoms with Gasteiger partial charge < -0.3 is 14.8 Å². The first-order valence-electron chi connectivity index (χ1n) is 9.02. The maximum absolute atomic E-state index is 12.2. The molecule has 1 rings (SSSR count). The zero-order valence-corrected chi connectivity index (χ0v) is 18.3. The molecule has 0 fully saturated rings. The summed E-state index contributed by atoms with van der Waals surface area (Å²) in [5, 5.41) is 12.8. The van der Waals surface area contributed by atoms with Crippen molar-refractivity contribution < 1.29 is 19.1 Å². The highest BCUT2D eigenvalue weighted by Gasteiger charge is 2.41. The molecular formula is C21H31NO4Si. The molecule has 2 N–H and O–H groups in total. The number of hydrogen-bond donors (Lipinski definition) is 2. The summed E-state index contributed by atoms with van der Waals surface area (Å²) in [5.74, 6) is 5.31. The molecule has 0 bridgehead atoms. The van der Waals surface area contributed by atoms with Crippen LogP contribution in [0.4, 0.5) is 0 Å². The van der Waals surface area contributed by atoms with E-state index in [9.17, 15) is 14.7 Å². The van der Waals surface area contributed by atoms with E-state index < -0.39 is 25.9 Å². The average Bonchev–Trinajstić information content (AvgIpc) is 2.56. The summed E-state index contributed by atoms with van der Waals surface area (Å²) in [4.78, 5) is 23.2. The molecule has 1 amide bonds. The fraction of sp³-hybridized carbons (Fsp3) is 0.524. The summed E-state index contributed by atoms with van der Waals surface area (Å²) in [6, 6.07) is 6.50. The molecular weight excluding hydrogens is 358 g/mol. The highest BCUT2D eigenvalue weighted by atomic mass is 28.4. The molecule has 148 valence electrons. The van der Waals surface area contributed by atoms with Crippen molar-refractivity contribution in [1.82, 2.24) is 5.32 Å². The second kappa shape index (κ2) is 8.83. The second-order valence-corrected chi connectivity index (χ2v) is 13.3. The van der Waals surface area contributed by atoms with E-state index in [1.165, 1.54) is 0 Å². The monoisotopic (exact) mass is 389 g/mol. The van der Waals surface area contributed by atoms with E-state index in [1.54, 1.807) is 24.3 Å². The predicted octanol–water partition coefficient (Wildman–Crippen LogP) is 3.39. The zero-order valence-electron chi connectivity index (χ0n) is 17.3. The van der Waals surface area contributed by atoms with Gasteiger partial charge in [-0.3, -0.25) is 9.59 Å². The number of nitrogens with one attached hydrogen (secondary N) is 1. The summed E-state index contributed by atoms with van der Waals surface area (Å²) < 4.78 is 6.29. The zero-order chi connectivity index (χ0) is 20.9. The molecule has 0 aliphatic carbocycles. The van der Waals surface area contributed by atoms with Gasteiger partial charge in [-0.1, -0.05) is 50.8 Å². The first kappa shape index (κ1) is 23.1. The Morgan fingerprint density at radius 3 is 2.41 bits per heavy atom. The fourth-order valence-corrected chi connectivity index (χ4v) is 3.85. The van der Waals surface area contributed by atoms with Crippen molar-refractivity contribution in [3.05, 3.63) is 35.4 Å². The van der Waals surface area contributed by atoms with Crippen LogP contribution in [-0.2, 0) is 4.43 Å². The highest BCUT2D eigenvalue weighted by molar-refractivity contribution is 6.74. The maximum Gasteiger partial charge on any atom is 0.252 e. The molecule has 0 saturated carbocycles. The number of benzene rings is 1. The molecule has 0 aromatic heterocycles. The predicted molar refractivity (Wildman–Crippen MR) is 110 cm³/mol. The van der Waals surface area contributed by atoms with Crippen molar-refractivity contribution in [3.8, 4) is 11.8 Å². The standard InChI is InChI=1S/C21H31NO4Si/c1-20(2,3)27(6,7)26-21(4,5)13-12-17(24)14-22-19(25)18-11-9-8-10-16(18)15-23/h8-11,15,17,24H,14H2,1-7H3,(H,22,25). The van der Waals surface area contributed by atoms with Crippen molar-refractivity contribution >= 4 is 20.5 Å².